The van der Waals surface area contributed by atoms with Gasteiger partial charge in [-0.15, -0.1) is 10.2 Å². The average molecular weight is 318 g/mol. The van der Waals surface area contributed by atoms with Gasteiger partial charge in [-0.1, -0.05) is 11.6 Å². The second kappa shape index (κ2) is 5.31. The summed E-state index contributed by atoms with van der Waals surface area (Å²) in [7, 11) is 0. The number of hydrazone groups is 1. The van der Waals surface area contributed by atoms with Crippen LogP contribution in [0, 0.1) is 6.92 Å². The fourth-order valence-electron chi connectivity index (χ4n) is 2.67. The first-order valence-corrected chi connectivity index (χ1v) is 7.36. The predicted molar refractivity (Wildman–Crippen MR) is 91.9 cm³/mol. The number of hydrogen-bond acceptors (Lipinski definition) is 6. The van der Waals surface area contributed by atoms with Gasteiger partial charge in [0, 0.05) is 16.5 Å². The van der Waals surface area contributed by atoms with E-state index < -0.39 is 0 Å². The molecule has 2 heterocycles. The zero-order valence-corrected chi connectivity index (χ0v) is 12.9. The Morgan fingerprint density at radius 2 is 1.92 bits per heavy atom. The molecule has 4 N–H and O–H groups in total. The number of H-pyrrole nitrogens is 1. The maximum atomic E-state index is 9.41. The molecule has 24 heavy (non-hydrogen) atoms. The molecular formula is C17H14N6O. The molecule has 4 aromatic rings. The molecule has 7 heteroatoms. The number of hydrogen-bond donors (Lipinski definition) is 3. The van der Waals surface area contributed by atoms with Crippen molar-refractivity contribution >= 4 is 27.8 Å². The first-order chi connectivity index (χ1) is 11.7. The molecule has 0 radical (unpaired) electrons. The Morgan fingerprint density at radius 3 is 2.67 bits per heavy atom. The van der Waals surface area contributed by atoms with Crippen molar-refractivity contribution < 1.29 is 5.11 Å². The van der Waals surface area contributed by atoms with E-state index in [1.807, 2.05) is 25.1 Å². The van der Waals surface area contributed by atoms with Gasteiger partial charge in [0.05, 0.1) is 0 Å². The molecule has 2 aromatic carbocycles. The van der Waals surface area contributed by atoms with Gasteiger partial charge < -0.3 is 15.9 Å². The summed E-state index contributed by atoms with van der Waals surface area (Å²) in [5.41, 5.74) is 4.52. The van der Waals surface area contributed by atoms with Crippen LogP contribution in [0.1, 0.15) is 17.0 Å². The average Bonchev–Trinajstić information content (AvgIpc) is 2.94. The SMILES string of the molecule is Cc1ccc2[nH]c3nc(/C(=N/N)c4ccc(O)cc4)nnc3c2c1. The van der Waals surface area contributed by atoms with E-state index in [1.54, 1.807) is 24.3 Å². The second-order valence-corrected chi connectivity index (χ2v) is 5.53. The highest BCUT2D eigenvalue weighted by Gasteiger charge is 2.15. The van der Waals surface area contributed by atoms with Gasteiger partial charge >= 0.3 is 0 Å². The van der Waals surface area contributed by atoms with Crippen molar-refractivity contribution in [1.82, 2.24) is 20.2 Å². The minimum Gasteiger partial charge on any atom is -0.508 e. The van der Waals surface area contributed by atoms with Gasteiger partial charge in [-0.3, -0.25) is 0 Å². The van der Waals surface area contributed by atoms with Crippen LogP contribution >= 0.6 is 0 Å². The third kappa shape index (κ3) is 2.23. The van der Waals surface area contributed by atoms with Crippen molar-refractivity contribution in [2.45, 2.75) is 6.92 Å². The number of nitrogens with one attached hydrogen (secondary N) is 1. The van der Waals surface area contributed by atoms with E-state index in [2.05, 4.69) is 25.3 Å². The van der Waals surface area contributed by atoms with Gasteiger partial charge in [0.25, 0.3) is 0 Å². The Labute approximate surface area is 136 Å². The van der Waals surface area contributed by atoms with Gasteiger partial charge in [-0.25, -0.2) is 4.98 Å². The fraction of sp³-hybridized carbons (Fsp3) is 0.0588. The van der Waals surface area contributed by atoms with E-state index in [0.29, 0.717) is 28.3 Å². The Morgan fingerprint density at radius 1 is 1.12 bits per heavy atom. The summed E-state index contributed by atoms with van der Waals surface area (Å²) < 4.78 is 0. The number of nitrogens with two attached hydrogens (primary N) is 1. The molecule has 0 aliphatic carbocycles. The van der Waals surface area contributed by atoms with Crippen LogP contribution in [0.5, 0.6) is 5.75 Å². The maximum Gasteiger partial charge on any atom is 0.204 e. The summed E-state index contributed by atoms with van der Waals surface area (Å²) in [6.07, 6.45) is 0. The highest BCUT2D eigenvalue weighted by molar-refractivity contribution is 6.11. The first kappa shape index (κ1) is 14.1. The summed E-state index contributed by atoms with van der Waals surface area (Å²) in [5, 5.41) is 22.6. The first-order valence-electron chi connectivity index (χ1n) is 7.36. The van der Waals surface area contributed by atoms with Crippen LogP contribution in [0.15, 0.2) is 47.6 Å². The van der Waals surface area contributed by atoms with E-state index in [1.165, 1.54) is 0 Å². The van der Waals surface area contributed by atoms with E-state index in [9.17, 15) is 5.11 Å². The Hall–Kier alpha value is -3.48. The molecule has 0 atom stereocenters. The van der Waals surface area contributed by atoms with Crippen LogP contribution in [0.2, 0.25) is 0 Å². The molecule has 0 saturated heterocycles. The van der Waals surface area contributed by atoms with Crippen LogP contribution in [0.4, 0.5) is 0 Å². The minimum atomic E-state index is 0.163. The number of nitrogens with zero attached hydrogens (tertiary/aromatic N) is 4. The van der Waals surface area contributed by atoms with E-state index in [0.717, 1.165) is 16.5 Å². The highest BCUT2D eigenvalue weighted by Crippen LogP contribution is 2.23. The highest BCUT2D eigenvalue weighted by atomic mass is 16.3. The van der Waals surface area contributed by atoms with Gasteiger partial charge in [-0.05, 0) is 43.3 Å². The standard InChI is InChI=1S/C17H14N6O/c1-9-2-7-13-12(8-9)15-16(19-13)20-17(23-22-15)14(21-18)10-3-5-11(24)6-4-10/h2-8,24H,18H2,1H3,(H,19,20,23)/b21-14+. The lowest BCUT2D eigenvalue weighted by atomic mass is 10.1. The molecule has 0 unspecified atom stereocenters. The van der Waals surface area contributed by atoms with Crippen molar-refractivity contribution in [3.63, 3.8) is 0 Å². The molecular weight excluding hydrogens is 304 g/mol. The lowest BCUT2D eigenvalue weighted by molar-refractivity contribution is 0.475. The predicted octanol–water partition coefficient (Wildman–Crippen LogP) is 2.23. The van der Waals surface area contributed by atoms with Gasteiger partial charge in [0.1, 0.15) is 17.0 Å². The zero-order valence-electron chi connectivity index (χ0n) is 12.9. The normalized spacial score (nSPS) is 12.1. The Bertz CT molecular complexity index is 1080. The quantitative estimate of drug-likeness (QED) is 0.298. The molecule has 0 aliphatic heterocycles. The van der Waals surface area contributed by atoms with Gasteiger partial charge in [0.15, 0.2) is 5.65 Å². The summed E-state index contributed by atoms with van der Waals surface area (Å²) in [6.45, 7) is 2.03. The third-order valence-corrected chi connectivity index (χ3v) is 3.85. The lowest BCUT2D eigenvalue weighted by Gasteiger charge is -2.03. The molecule has 0 aliphatic rings. The second-order valence-electron chi connectivity index (χ2n) is 5.53. The van der Waals surface area contributed by atoms with Crippen molar-refractivity contribution in [3.8, 4) is 5.75 Å². The summed E-state index contributed by atoms with van der Waals surface area (Å²) >= 11 is 0. The molecule has 0 spiro atoms. The molecule has 0 amide bonds. The van der Waals surface area contributed by atoms with Crippen molar-refractivity contribution in [2.24, 2.45) is 10.9 Å². The molecule has 7 nitrogen and oxygen atoms in total. The zero-order chi connectivity index (χ0) is 16.7. The number of phenols is 1. The monoisotopic (exact) mass is 318 g/mol. The van der Waals surface area contributed by atoms with Crippen LogP contribution in [-0.4, -0.2) is 31.0 Å². The van der Waals surface area contributed by atoms with Crippen LogP contribution < -0.4 is 5.84 Å². The summed E-state index contributed by atoms with van der Waals surface area (Å²) in [4.78, 5) is 7.75. The van der Waals surface area contributed by atoms with Crippen molar-refractivity contribution in [2.75, 3.05) is 0 Å². The lowest BCUT2D eigenvalue weighted by Crippen LogP contribution is -2.12. The Kier molecular flexibility index (Phi) is 3.13. The molecule has 4 rings (SSSR count). The molecule has 0 fully saturated rings. The summed E-state index contributed by atoms with van der Waals surface area (Å²) in [6, 6.07) is 12.6. The largest absolute Gasteiger partial charge is 0.508 e. The molecule has 0 saturated carbocycles. The van der Waals surface area contributed by atoms with Crippen molar-refractivity contribution in [1.29, 1.82) is 0 Å². The van der Waals surface area contributed by atoms with E-state index in [-0.39, 0.29) is 5.75 Å². The number of aromatic amines is 1. The number of benzene rings is 2. The smallest absolute Gasteiger partial charge is 0.204 e. The number of fused-ring (bicyclic) bond motifs is 3. The molecule has 118 valence electrons. The van der Waals surface area contributed by atoms with Gasteiger partial charge in [-0.2, -0.15) is 5.10 Å². The minimum absolute atomic E-state index is 0.163. The van der Waals surface area contributed by atoms with E-state index in [4.69, 9.17) is 5.84 Å². The van der Waals surface area contributed by atoms with Crippen LogP contribution in [-0.2, 0) is 0 Å². The molecule has 0 bridgehead atoms. The van der Waals surface area contributed by atoms with Crippen molar-refractivity contribution in [3.05, 3.63) is 59.4 Å². The number of rotatable bonds is 2. The number of aromatic hydroxyl groups is 1. The van der Waals surface area contributed by atoms with Gasteiger partial charge in [0.2, 0.25) is 5.82 Å². The topological polar surface area (TPSA) is 113 Å². The third-order valence-electron chi connectivity index (χ3n) is 3.85. The number of phenolic OH excluding ortho intramolecular Hbond substituents is 1. The summed E-state index contributed by atoms with van der Waals surface area (Å²) in [5.74, 6) is 6.00. The van der Waals surface area contributed by atoms with E-state index >= 15 is 0 Å². The fourth-order valence-corrected chi connectivity index (χ4v) is 2.67. The Balaban J connectivity index is 1.87. The number of aromatic nitrogens is 4. The maximum absolute atomic E-state index is 9.41. The van der Waals surface area contributed by atoms with Crippen LogP contribution in [0.25, 0.3) is 22.1 Å². The van der Waals surface area contributed by atoms with Crippen LogP contribution in [0.3, 0.4) is 0 Å². The number of aryl methyl sites for hydroxylation is 1. The molecule has 2 aromatic heterocycles.